The number of ether oxygens (including phenoxy) is 2. The lowest BCUT2D eigenvalue weighted by molar-refractivity contribution is 0.0206. The van der Waals surface area contributed by atoms with Crippen LogP contribution in [0.15, 0.2) is 18.2 Å². The van der Waals surface area contributed by atoms with Crippen molar-refractivity contribution in [2.24, 2.45) is 0 Å². The van der Waals surface area contributed by atoms with Crippen LogP contribution in [0.5, 0.6) is 5.75 Å². The van der Waals surface area contributed by atoms with E-state index in [2.05, 4.69) is 21.6 Å². The Morgan fingerprint density at radius 1 is 1.18 bits per heavy atom. The molecule has 1 aromatic heterocycles. The molecule has 2 aromatic rings. The summed E-state index contributed by atoms with van der Waals surface area (Å²) >= 11 is 0. The molecular weight excluding hydrogens is 430 g/mol. The Balaban J connectivity index is 1.59. The standard InChI is InChI=1S/C26H33N5O3/c1-26(2,3)34-25(32)31-13-7-8-18(16-31)28-24-20-10-6-5-9-19(20)23(29-30-24)21-12-11-17(15-27)14-22(21)33-4/h11-12,14,18H,5-10,13,16H2,1-4H3,(H,28,30). The first kappa shape index (κ1) is 23.8. The quantitative estimate of drug-likeness (QED) is 0.700. The van der Waals surface area contributed by atoms with Gasteiger partial charge in [-0.1, -0.05) is 0 Å². The lowest BCUT2D eigenvalue weighted by atomic mass is 9.88. The number of hydrogen-bond donors (Lipinski definition) is 1. The van der Waals surface area contributed by atoms with Crippen LogP contribution in [-0.2, 0) is 17.6 Å². The third-order valence-electron chi connectivity index (χ3n) is 6.29. The summed E-state index contributed by atoms with van der Waals surface area (Å²) in [5.74, 6) is 1.43. The van der Waals surface area contributed by atoms with Gasteiger partial charge in [0, 0.05) is 30.3 Å². The van der Waals surface area contributed by atoms with Crippen molar-refractivity contribution in [3.05, 3.63) is 34.9 Å². The molecule has 180 valence electrons. The number of hydrogen-bond acceptors (Lipinski definition) is 7. The molecule has 1 aliphatic carbocycles. The molecule has 1 amide bonds. The Morgan fingerprint density at radius 2 is 1.94 bits per heavy atom. The Bertz CT molecular complexity index is 1100. The molecule has 0 spiro atoms. The second-order valence-corrected chi connectivity index (χ2v) is 10.00. The van der Waals surface area contributed by atoms with E-state index in [1.807, 2.05) is 26.8 Å². The Kier molecular flexibility index (Phi) is 6.92. The lowest BCUT2D eigenvalue weighted by Gasteiger charge is -2.35. The number of carbonyl (C=O) groups is 1. The van der Waals surface area contributed by atoms with E-state index in [0.717, 1.165) is 55.6 Å². The monoisotopic (exact) mass is 463 g/mol. The molecule has 1 saturated heterocycles. The van der Waals surface area contributed by atoms with Gasteiger partial charge >= 0.3 is 6.09 Å². The molecule has 1 aliphatic heterocycles. The Morgan fingerprint density at radius 3 is 2.65 bits per heavy atom. The zero-order valence-electron chi connectivity index (χ0n) is 20.5. The summed E-state index contributed by atoms with van der Waals surface area (Å²) in [5.41, 5.74) is 4.09. The van der Waals surface area contributed by atoms with Crippen molar-refractivity contribution in [3.8, 4) is 23.1 Å². The summed E-state index contributed by atoms with van der Waals surface area (Å²) in [4.78, 5) is 14.3. The lowest BCUT2D eigenvalue weighted by Crippen LogP contribution is -2.47. The SMILES string of the molecule is COc1cc(C#N)ccc1-c1nnc(NC2CCCN(C(=O)OC(C)(C)C)C2)c2c1CCCC2. The van der Waals surface area contributed by atoms with Crippen LogP contribution in [0.4, 0.5) is 10.6 Å². The minimum Gasteiger partial charge on any atom is -0.496 e. The third kappa shape index (κ3) is 5.24. The number of nitrogens with one attached hydrogen (secondary N) is 1. The van der Waals surface area contributed by atoms with Crippen LogP contribution < -0.4 is 10.1 Å². The van der Waals surface area contributed by atoms with Crippen LogP contribution in [0, 0.1) is 11.3 Å². The maximum atomic E-state index is 12.6. The van der Waals surface area contributed by atoms with E-state index >= 15 is 0 Å². The van der Waals surface area contributed by atoms with Gasteiger partial charge in [0.2, 0.25) is 0 Å². The number of nitriles is 1. The number of benzene rings is 1. The van der Waals surface area contributed by atoms with Crippen molar-refractivity contribution in [1.82, 2.24) is 15.1 Å². The van der Waals surface area contributed by atoms with Gasteiger partial charge in [-0.25, -0.2) is 4.79 Å². The zero-order chi connectivity index (χ0) is 24.3. The van der Waals surface area contributed by atoms with Crippen LogP contribution >= 0.6 is 0 Å². The first-order valence-electron chi connectivity index (χ1n) is 12.0. The third-order valence-corrected chi connectivity index (χ3v) is 6.29. The summed E-state index contributed by atoms with van der Waals surface area (Å²) in [6.45, 7) is 6.94. The van der Waals surface area contributed by atoms with Crippen molar-refractivity contribution in [2.75, 3.05) is 25.5 Å². The van der Waals surface area contributed by atoms with Crippen LogP contribution in [-0.4, -0.2) is 53.0 Å². The minimum atomic E-state index is -0.510. The highest BCUT2D eigenvalue weighted by Crippen LogP contribution is 2.37. The molecular formula is C26H33N5O3. The molecule has 2 aliphatic rings. The number of carbonyl (C=O) groups excluding carboxylic acids is 1. The molecule has 1 fully saturated rings. The zero-order valence-corrected chi connectivity index (χ0v) is 20.5. The van der Waals surface area contributed by atoms with Gasteiger partial charge in [-0.05, 0) is 83.1 Å². The number of piperidine rings is 1. The van der Waals surface area contributed by atoms with Crippen molar-refractivity contribution in [3.63, 3.8) is 0 Å². The van der Waals surface area contributed by atoms with Crippen molar-refractivity contribution >= 4 is 11.9 Å². The number of methoxy groups -OCH3 is 1. The molecule has 8 heteroatoms. The highest BCUT2D eigenvalue weighted by molar-refractivity contribution is 5.74. The molecule has 1 atom stereocenters. The summed E-state index contributed by atoms with van der Waals surface area (Å²) in [6, 6.07) is 7.67. The Labute approximate surface area is 201 Å². The van der Waals surface area contributed by atoms with Gasteiger partial charge < -0.3 is 19.7 Å². The summed E-state index contributed by atoms with van der Waals surface area (Å²) in [5, 5.41) is 22.0. The number of amides is 1. The number of nitrogens with zero attached hydrogens (tertiary/aromatic N) is 4. The van der Waals surface area contributed by atoms with Crippen molar-refractivity contribution in [1.29, 1.82) is 5.26 Å². The number of aromatic nitrogens is 2. The van der Waals surface area contributed by atoms with Gasteiger partial charge in [-0.3, -0.25) is 0 Å². The number of anilines is 1. The molecule has 1 unspecified atom stereocenters. The summed E-state index contributed by atoms with van der Waals surface area (Å²) in [7, 11) is 1.61. The summed E-state index contributed by atoms with van der Waals surface area (Å²) < 4.78 is 11.1. The largest absolute Gasteiger partial charge is 0.496 e. The van der Waals surface area contributed by atoms with Gasteiger partial charge in [0.25, 0.3) is 0 Å². The van der Waals surface area contributed by atoms with Crippen LogP contribution in [0.25, 0.3) is 11.3 Å². The first-order valence-corrected chi connectivity index (χ1v) is 12.0. The average Bonchev–Trinajstić information content (AvgIpc) is 2.83. The molecule has 0 radical (unpaired) electrons. The van der Waals surface area contributed by atoms with Gasteiger partial charge in [0.1, 0.15) is 17.0 Å². The molecule has 0 saturated carbocycles. The Hall–Kier alpha value is -3.34. The van der Waals surface area contributed by atoms with E-state index in [9.17, 15) is 10.1 Å². The highest BCUT2D eigenvalue weighted by Gasteiger charge is 2.29. The molecule has 34 heavy (non-hydrogen) atoms. The van der Waals surface area contributed by atoms with E-state index in [-0.39, 0.29) is 12.1 Å². The molecule has 8 nitrogen and oxygen atoms in total. The maximum Gasteiger partial charge on any atom is 0.410 e. The minimum absolute atomic E-state index is 0.0943. The first-order chi connectivity index (χ1) is 16.3. The van der Waals surface area contributed by atoms with Crippen LogP contribution in [0.2, 0.25) is 0 Å². The fraction of sp³-hybridized carbons (Fsp3) is 0.538. The smallest absolute Gasteiger partial charge is 0.410 e. The number of likely N-dealkylation sites (tertiary alicyclic amines) is 1. The van der Waals surface area contributed by atoms with E-state index in [1.54, 1.807) is 24.1 Å². The number of rotatable bonds is 4. The molecule has 0 bridgehead atoms. The molecule has 4 rings (SSSR count). The van der Waals surface area contributed by atoms with Gasteiger partial charge in [0.15, 0.2) is 5.82 Å². The normalized spacial score (nSPS) is 18.0. The van der Waals surface area contributed by atoms with E-state index in [0.29, 0.717) is 24.4 Å². The molecule has 1 aromatic carbocycles. The molecule has 2 heterocycles. The molecule has 1 N–H and O–H groups in total. The highest BCUT2D eigenvalue weighted by atomic mass is 16.6. The topological polar surface area (TPSA) is 100 Å². The predicted octanol–water partition coefficient (Wildman–Crippen LogP) is 4.71. The fourth-order valence-electron chi connectivity index (χ4n) is 4.72. The second kappa shape index (κ2) is 9.88. The van der Waals surface area contributed by atoms with Crippen molar-refractivity contribution < 1.29 is 14.3 Å². The number of fused-ring (bicyclic) bond motifs is 1. The van der Waals surface area contributed by atoms with E-state index in [1.165, 1.54) is 11.1 Å². The fourth-order valence-corrected chi connectivity index (χ4v) is 4.72. The van der Waals surface area contributed by atoms with Crippen LogP contribution in [0.1, 0.15) is 63.1 Å². The second-order valence-electron chi connectivity index (χ2n) is 10.00. The van der Waals surface area contributed by atoms with E-state index in [4.69, 9.17) is 9.47 Å². The van der Waals surface area contributed by atoms with E-state index < -0.39 is 5.60 Å². The maximum absolute atomic E-state index is 12.6. The van der Waals surface area contributed by atoms with Gasteiger partial charge in [-0.15, -0.1) is 10.2 Å². The van der Waals surface area contributed by atoms with Crippen LogP contribution in [0.3, 0.4) is 0 Å². The van der Waals surface area contributed by atoms with Gasteiger partial charge in [0.05, 0.1) is 18.7 Å². The predicted molar refractivity (Wildman–Crippen MR) is 130 cm³/mol. The average molecular weight is 464 g/mol. The van der Waals surface area contributed by atoms with Crippen molar-refractivity contribution in [2.45, 2.75) is 70.9 Å². The summed E-state index contributed by atoms with van der Waals surface area (Å²) in [6.07, 6.45) is 5.66. The van der Waals surface area contributed by atoms with Gasteiger partial charge in [-0.2, -0.15) is 5.26 Å².